The van der Waals surface area contributed by atoms with Crippen molar-refractivity contribution in [1.29, 1.82) is 0 Å². The van der Waals surface area contributed by atoms with Gasteiger partial charge in [0.15, 0.2) is 0 Å². The molecular formula is C19H24N2O3S. The molecule has 0 saturated heterocycles. The van der Waals surface area contributed by atoms with Gasteiger partial charge in [0.05, 0.1) is 4.90 Å². The molecule has 0 atom stereocenters. The summed E-state index contributed by atoms with van der Waals surface area (Å²) in [6.45, 7) is 4.40. The summed E-state index contributed by atoms with van der Waals surface area (Å²) in [6.07, 6.45) is 2.79. The third kappa shape index (κ3) is 5.69. The molecule has 2 aromatic carbocycles. The fourth-order valence-electron chi connectivity index (χ4n) is 2.40. The van der Waals surface area contributed by atoms with E-state index in [9.17, 15) is 13.2 Å². The van der Waals surface area contributed by atoms with Crippen LogP contribution in [0.3, 0.4) is 0 Å². The molecule has 134 valence electrons. The zero-order chi connectivity index (χ0) is 18.3. The Kier molecular flexibility index (Phi) is 6.73. The van der Waals surface area contributed by atoms with Gasteiger partial charge in [0.25, 0.3) is 5.91 Å². The van der Waals surface area contributed by atoms with E-state index in [0.717, 1.165) is 24.8 Å². The fourth-order valence-corrected chi connectivity index (χ4v) is 3.52. The minimum atomic E-state index is -3.61. The Balaban J connectivity index is 2.10. The van der Waals surface area contributed by atoms with Crippen LogP contribution in [0.5, 0.6) is 0 Å². The Bertz CT molecular complexity index is 832. The summed E-state index contributed by atoms with van der Waals surface area (Å²) < 4.78 is 27.2. The number of unbranched alkanes of at least 4 members (excludes halogenated alkanes) is 2. The highest BCUT2D eigenvalue weighted by atomic mass is 32.2. The van der Waals surface area contributed by atoms with E-state index in [1.807, 2.05) is 25.1 Å². The maximum atomic E-state index is 12.4. The van der Waals surface area contributed by atoms with Crippen LogP contribution >= 0.6 is 0 Å². The van der Waals surface area contributed by atoms with Crippen LogP contribution < -0.4 is 10.0 Å². The van der Waals surface area contributed by atoms with Crippen LogP contribution in [-0.4, -0.2) is 20.9 Å². The van der Waals surface area contributed by atoms with Gasteiger partial charge in [-0.15, -0.1) is 0 Å². The summed E-state index contributed by atoms with van der Waals surface area (Å²) in [4.78, 5) is 12.5. The summed E-state index contributed by atoms with van der Waals surface area (Å²) in [6, 6.07) is 13.5. The predicted octanol–water partition coefficient (Wildman–Crippen LogP) is 3.72. The van der Waals surface area contributed by atoms with Crippen molar-refractivity contribution in [3.63, 3.8) is 0 Å². The molecule has 0 spiro atoms. The second-order valence-electron chi connectivity index (χ2n) is 5.96. The summed E-state index contributed by atoms with van der Waals surface area (Å²) >= 11 is 0. The van der Waals surface area contributed by atoms with Gasteiger partial charge < -0.3 is 5.32 Å². The SMILES string of the molecule is CCCCCNS(=O)(=O)c1cccc(C(=O)Nc2cccc(C)c2)c1. The Hall–Kier alpha value is -2.18. The number of amides is 1. The van der Waals surface area contributed by atoms with E-state index in [-0.39, 0.29) is 10.8 Å². The minimum absolute atomic E-state index is 0.0980. The highest BCUT2D eigenvalue weighted by Gasteiger charge is 2.16. The number of anilines is 1. The van der Waals surface area contributed by atoms with Crippen LogP contribution in [0, 0.1) is 6.92 Å². The van der Waals surface area contributed by atoms with E-state index in [2.05, 4.69) is 17.0 Å². The average Bonchev–Trinajstić information content (AvgIpc) is 2.59. The van der Waals surface area contributed by atoms with Gasteiger partial charge in [-0.1, -0.05) is 38.0 Å². The van der Waals surface area contributed by atoms with E-state index in [4.69, 9.17) is 0 Å². The predicted molar refractivity (Wildman–Crippen MR) is 100 cm³/mol. The van der Waals surface area contributed by atoms with Gasteiger partial charge in [-0.2, -0.15) is 0 Å². The molecule has 0 aliphatic heterocycles. The van der Waals surface area contributed by atoms with Gasteiger partial charge in [-0.3, -0.25) is 4.79 Å². The summed E-state index contributed by atoms with van der Waals surface area (Å²) in [5, 5.41) is 2.78. The number of nitrogens with one attached hydrogen (secondary N) is 2. The van der Waals surface area contributed by atoms with Gasteiger partial charge >= 0.3 is 0 Å². The zero-order valence-electron chi connectivity index (χ0n) is 14.6. The second kappa shape index (κ2) is 8.78. The van der Waals surface area contributed by atoms with Crippen molar-refractivity contribution >= 4 is 21.6 Å². The Morgan fingerprint density at radius 2 is 1.80 bits per heavy atom. The zero-order valence-corrected chi connectivity index (χ0v) is 15.4. The molecular weight excluding hydrogens is 336 g/mol. The highest BCUT2D eigenvalue weighted by Crippen LogP contribution is 2.15. The molecule has 2 rings (SSSR count). The van der Waals surface area contributed by atoms with Crippen molar-refractivity contribution in [3.8, 4) is 0 Å². The first-order valence-electron chi connectivity index (χ1n) is 8.40. The molecule has 0 saturated carbocycles. The van der Waals surface area contributed by atoms with Crippen molar-refractivity contribution in [2.75, 3.05) is 11.9 Å². The number of sulfonamides is 1. The van der Waals surface area contributed by atoms with Crippen molar-refractivity contribution in [2.24, 2.45) is 0 Å². The molecule has 1 amide bonds. The van der Waals surface area contributed by atoms with Crippen LogP contribution in [0.4, 0.5) is 5.69 Å². The summed E-state index contributed by atoms with van der Waals surface area (Å²) in [5.41, 5.74) is 2.01. The molecule has 5 nitrogen and oxygen atoms in total. The quantitative estimate of drug-likeness (QED) is 0.705. The molecule has 0 aliphatic carbocycles. The largest absolute Gasteiger partial charge is 0.322 e. The van der Waals surface area contributed by atoms with Crippen LogP contribution in [0.1, 0.15) is 42.1 Å². The fraction of sp³-hybridized carbons (Fsp3) is 0.316. The summed E-state index contributed by atoms with van der Waals surface area (Å²) in [5.74, 6) is -0.339. The van der Waals surface area contributed by atoms with Gasteiger partial charge in [-0.25, -0.2) is 13.1 Å². The number of carbonyl (C=O) groups is 1. The lowest BCUT2D eigenvalue weighted by Gasteiger charge is -2.09. The molecule has 2 N–H and O–H groups in total. The number of aryl methyl sites for hydroxylation is 1. The van der Waals surface area contributed by atoms with Crippen LogP contribution in [0.2, 0.25) is 0 Å². The van der Waals surface area contributed by atoms with Crippen LogP contribution in [-0.2, 0) is 10.0 Å². The topological polar surface area (TPSA) is 75.3 Å². The first-order valence-corrected chi connectivity index (χ1v) is 9.88. The van der Waals surface area contributed by atoms with Crippen molar-refractivity contribution in [3.05, 3.63) is 59.7 Å². The Labute approximate surface area is 149 Å². The molecule has 0 radical (unpaired) electrons. The lowest BCUT2D eigenvalue weighted by molar-refractivity contribution is 0.102. The van der Waals surface area contributed by atoms with Gasteiger partial charge in [0.2, 0.25) is 10.0 Å². The number of hydrogen-bond acceptors (Lipinski definition) is 3. The normalized spacial score (nSPS) is 11.3. The van der Waals surface area contributed by atoms with Crippen LogP contribution in [0.25, 0.3) is 0 Å². The molecule has 6 heteroatoms. The van der Waals surface area contributed by atoms with Gasteiger partial charge in [-0.05, 0) is 49.2 Å². The highest BCUT2D eigenvalue weighted by molar-refractivity contribution is 7.89. The van der Waals surface area contributed by atoms with E-state index >= 15 is 0 Å². The smallest absolute Gasteiger partial charge is 0.255 e. The number of carbonyl (C=O) groups excluding carboxylic acids is 1. The van der Waals surface area contributed by atoms with Crippen LogP contribution in [0.15, 0.2) is 53.4 Å². The molecule has 0 fully saturated rings. The molecule has 0 aromatic heterocycles. The molecule has 25 heavy (non-hydrogen) atoms. The first kappa shape index (κ1) is 19.1. The molecule has 0 unspecified atom stereocenters. The summed E-state index contributed by atoms with van der Waals surface area (Å²) in [7, 11) is -3.61. The van der Waals surface area contributed by atoms with Crippen molar-refractivity contribution in [1.82, 2.24) is 4.72 Å². The van der Waals surface area contributed by atoms with Gasteiger partial charge in [0, 0.05) is 17.8 Å². The van der Waals surface area contributed by atoms with Gasteiger partial charge in [0.1, 0.15) is 0 Å². The number of hydrogen-bond donors (Lipinski definition) is 2. The Morgan fingerprint density at radius 1 is 1.04 bits per heavy atom. The minimum Gasteiger partial charge on any atom is -0.322 e. The molecule has 0 aliphatic rings. The standard InChI is InChI=1S/C19H24N2O3S/c1-3-4-5-12-20-25(23,24)18-11-7-9-16(14-18)19(22)21-17-10-6-8-15(2)13-17/h6-11,13-14,20H,3-5,12H2,1-2H3,(H,21,22). The third-order valence-corrected chi connectivity index (χ3v) is 5.21. The van der Waals surface area contributed by atoms with Crippen molar-refractivity contribution < 1.29 is 13.2 Å². The van der Waals surface area contributed by atoms with E-state index in [0.29, 0.717) is 17.8 Å². The van der Waals surface area contributed by atoms with Crippen molar-refractivity contribution in [2.45, 2.75) is 38.0 Å². The maximum Gasteiger partial charge on any atom is 0.255 e. The first-order chi connectivity index (χ1) is 11.9. The lowest BCUT2D eigenvalue weighted by Crippen LogP contribution is -2.25. The molecule has 0 bridgehead atoms. The molecule has 0 heterocycles. The van der Waals surface area contributed by atoms with E-state index in [1.165, 1.54) is 12.1 Å². The maximum absolute atomic E-state index is 12.4. The van der Waals surface area contributed by atoms with E-state index in [1.54, 1.807) is 18.2 Å². The number of benzene rings is 2. The number of rotatable bonds is 8. The monoisotopic (exact) mass is 360 g/mol. The third-order valence-electron chi connectivity index (χ3n) is 3.75. The van der Waals surface area contributed by atoms with E-state index < -0.39 is 10.0 Å². The second-order valence-corrected chi connectivity index (χ2v) is 7.72. The molecule has 2 aromatic rings. The average molecular weight is 360 g/mol. The lowest BCUT2D eigenvalue weighted by atomic mass is 10.2. The Morgan fingerprint density at radius 3 is 2.52 bits per heavy atom.